The van der Waals surface area contributed by atoms with E-state index in [4.69, 9.17) is 39.6 Å². The third-order valence-corrected chi connectivity index (χ3v) is 0. The molecule has 0 heterocycles. The van der Waals surface area contributed by atoms with Gasteiger partial charge < -0.3 is 20.4 Å². The van der Waals surface area contributed by atoms with Crippen LogP contribution in [0.2, 0.25) is 0 Å². The Morgan fingerprint density at radius 2 is 0.529 bits per heavy atom. The highest BCUT2D eigenvalue weighted by atomic mass is 79.9. The predicted octanol–water partition coefficient (Wildman–Crippen LogP) is 0.941. The second-order valence-corrected chi connectivity index (χ2v) is 2.08. The number of hydrogen-bond acceptors (Lipinski definition) is 4. The normalized spacial score (nSPS) is 5.88. The van der Waals surface area contributed by atoms with Gasteiger partial charge in [0.1, 0.15) is 0 Å². The summed E-state index contributed by atoms with van der Waals surface area (Å²) in [6.07, 6.45) is 0. The van der Waals surface area contributed by atoms with Gasteiger partial charge in [-0.15, -0.1) is 17.0 Å². The summed E-state index contributed by atoms with van der Waals surface area (Å²) in [4.78, 5) is 36.0. The summed E-state index contributed by atoms with van der Waals surface area (Å²) in [5, 5.41) is 29.7. The first-order valence-electron chi connectivity index (χ1n) is 3.71. The van der Waals surface area contributed by atoms with Crippen LogP contribution in [0.15, 0.2) is 0 Å². The number of carboxylic acid groups (broad SMARTS) is 4. The molecule has 4 N–H and O–H groups in total. The molecule has 0 unspecified atom stereocenters. The Labute approximate surface area is 109 Å². The minimum atomic E-state index is -0.833. The fourth-order valence-electron chi connectivity index (χ4n) is 0. The van der Waals surface area contributed by atoms with Crippen molar-refractivity contribution in [3.8, 4) is 0 Å². The van der Waals surface area contributed by atoms with Crippen molar-refractivity contribution in [2.45, 2.75) is 27.7 Å². The molecule has 0 spiro atoms. The fraction of sp³-hybridized carbons (Fsp3) is 0.500. The summed E-state index contributed by atoms with van der Waals surface area (Å²) in [5.74, 6) is -3.33. The van der Waals surface area contributed by atoms with Crippen molar-refractivity contribution >= 4 is 40.9 Å². The van der Waals surface area contributed by atoms with Crippen LogP contribution in [0.5, 0.6) is 0 Å². The topological polar surface area (TPSA) is 149 Å². The molecule has 0 radical (unpaired) electrons. The standard InChI is InChI=1S/4C2H4O2.BrH/c4*1-2(3)4;/h4*1H3,(H,3,4);1H. The van der Waals surface area contributed by atoms with Crippen LogP contribution in [-0.4, -0.2) is 44.3 Å². The summed E-state index contributed by atoms with van der Waals surface area (Å²) in [5.41, 5.74) is 0. The highest BCUT2D eigenvalue weighted by Crippen LogP contribution is 1.43. The van der Waals surface area contributed by atoms with Crippen molar-refractivity contribution in [2.75, 3.05) is 0 Å². The van der Waals surface area contributed by atoms with Crippen LogP contribution in [0, 0.1) is 0 Å². The van der Waals surface area contributed by atoms with E-state index in [0.29, 0.717) is 0 Å². The van der Waals surface area contributed by atoms with E-state index in [1.54, 1.807) is 0 Å². The first kappa shape index (κ1) is 29.5. The molecule has 0 aliphatic heterocycles. The molecule has 0 aromatic heterocycles. The molecule has 0 rings (SSSR count). The Morgan fingerprint density at radius 1 is 0.529 bits per heavy atom. The molecule has 0 fully saturated rings. The molecule has 0 aromatic carbocycles. The van der Waals surface area contributed by atoms with Gasteiger partial charge in [0.2, 0.25) is 0 Å². The lowest BCUT2D eigenvalue weighted by Gasteiger charge is -1.59. The van der Waals surface area contributed by atoms with Crippen LogP contribution in [0.3, 0.4) is 0 Å². The zero-order valence-electron chi connectivity index (χ0n) is 9.83. The largest absolute Gasteiger partial charge is 0.481 e. The van der Waals surface area contributed by atoms with Crippen LogP contribution in [0.4, 0.5) is 0 Å². The van der Waals surface area contributed by atoms with Gasteiger partial charge in [0.15, 0.2) is 0 Å². The minimum absolute atomic E-state index is 0. The number of carboxylic acids is 4. The van der Waals surface area contributed by atoms with E-state index in [2.05, 4.69) is 0 Å². The molecule has 9 heteroatoms. The Kier molecular flexibility index (Phi) is 41.5. The Hall–Kier alpha value is -1.64. The molecule has 0 bridgehead atoms. The van der Waals surface area contributed by atoms with Crippen molar-refractivity contribution in [3.63, 3.8) is 0 Å². The van der Waals surface area contributed by atoms with E-state index in [9.17, 15) is 0 Å². The maximum absolute atomic E-state index is 9.00. The molecule has 0 saturated heterocycles. The quantitative estimate of drug-likeness (QED) is 0.515. The zero-order chi connectivity index (χ0) is 14.3. The molecular formula is C8H17BrO8. The lowest BCUT2D eigenvalue weighted by atomic mass is 10.9. The third-order valence-electron chi connectivity index (χ3n) is 0. The fourth-order valence-corrected chi connectivity index (χ4v) is 0. The molecule has 104 valence electrons. The zero-order valence-corrected chi connectivity index (χ0v) is 11.5. The minimum Gasteiger partial charge on any atom is -0.481 e. The summed E-state index contributed by atoms with van der Waals surface area (Å²) in [6.45, 7) is 4.33. The third kappa shape index (κ3) is 816. The van der Waals surface area contributed by atoms with Crippen molar-refractivity contribution < 1.29 is 39.6 Å². The van der Waals surface area contributed by atoms with Crippen molar-refractivity contribution in [2.24, 2.45) is 0 Å². The predicted molar refractivity (Wildman–Crippen MR) is 63.6 cm³/mol. The number of rotatable bonds is 0. The van der Waals surface area contributed by atoms with E-state index < -0.39 is 23.9 Å². The van der Waals surface area contributed by atoms with Crippen LogP contribution < -0.4 is 0 Å². The van der Waals surface area contributed by atoms with Gasteiger partial charge in [-0.1, -0.05) is 0 Å². The lowest BCUT2D eigenvalue weighted by Crippen LogP contribution is -1.78. The maximum atomic E-state index is 9.00. The van der Waals surface area contributed by atoms with Crippen molar-refractivity contribution in [3.05, 3.63) is 0 Å². The molecule has 0 amide bonds. The molecular weight excluding hydrogens is 304 g/mol. The van der Waals surface area contributed by atoms with Gasteiger partial charge in [-0.2, -0.15) is 0 Å². The summed E-state index contributed by atoms with van der Waals surface area (Å²) >= 11 is 0. The van der Waals surface area contributed by atoms with Crippen LogP contribution in [-0.2, 0) is 19.2 Å². The van der Waals surface area contributed by atoms with Gasteiger partial charge in [0, 0.05) is 27.7 Å². The molecule has 0 aliphatic carbocycles. The SMILES string of the molecule is Br.CC(=O)O.CC(=O)O.CC(=O)O.CC(=O)O. The van der Waals surface area contributed by atoms with Crippen LogP contribution in [0.25, 0.3) is 0 Å². The smallest absolute Gasteiger partial charge is 0.300 e. The Balaban J connectivity index is -0.0000000369. The second kappa shape index (κ2) is 23.9. The molecule has 0 aromatic rings. The lowest BCUT2D eigenvalue weighted by molar-refractivity contribution is -0.135. The summed E-state index contributed by atoms with van der Waals surface area (Å²) < 4.78 is 0. The van der Waals surface area contributed by atoms with Crippen molar-refractivity contribution in [1.29, 1.82) is 0 Å². The highest BCUT2D eigenvalue weighted by molar-refractivity contribution is 8.93. The Morgan fingerprint density at radius 3 is 0.529 bits per heavy atom. The van der Waals surface area contributed by atoms with Gasteiger partial charge in [0.25, 0.3) is 23.9 Å². The average molecular weight is 321 g/mol. The monoisotopic (exact) mass is 320 g/mol. The molecule has 0 saturated carbocycles. The number of halogens is 1. The first-order valence-corrected chi connectivity index (χ1v) is 3.71. The van der Waals surface area contributed by atoms with Gasteiger partial charge in [-0.3, -0.25) is 19.2 Å². The van der Waals surface area contributed by atoms with Gasteiger partial charge in [0.05, 0.1) is 0 Å². The van der Waals surface area contributed by atoms with E-state index in [1.165, 1.54) is 0 Å². The summed E-state index contributed by atoms with van der Waals surface area (Å²) in [6, 6.07) is 0. The van der Waals surface area contributed by atoms with E-state index >= 15 is 0 Å². The number of hydrogen-bond donors (Lipinski definition) is 4. The van der Waals surface area contributed by atoms with Crippen LogP contribution in [0.1, 0.15) is 27.7 Å². The van der Waals surface area contributed by atoms with E-state index in [-0.39, 0.29) is 17.0 Å². The highest BCUT2D eigenvalue weighted by Gasteiger charge is 1.66. The van der Waals surface area contributed by atoms with E-state index in [0.717, 1.165) is 27.7 Å². The average Bonchev–Trinajstić information content (AvgIpc) is 1.76. The summed E-state index contributed by atoms with van der Waals surface area (Å²) in [7, 11) is 0. The molecule has 0 atom stereocenters. The van der Waals surface area contributed by atoms with Gasteiger partial charge in [-0.05, 0) is 0 Å². The Bertz CT molecular complexity index is 162. The molecule has 8 nitrogen and oxygen atoms in total. The van der Waals surface area contributed by atoms with Gasteiger partial charge >= 0.3 is 0 Å². The second-order valence-electron chi connectivity index (χ2n) is 2.08. The molecule has 0 aliphatic rings. The molecule has 17 heavy (non-hydrogen) atoms. The van der Waals surface area contributed by atoms with Crippen LogP contribution >= 0.6 is 17.0 Å². The number of aliphatic carboxylic acids is 4. The number of carbonyl (C=O) groups is 4. The van der Waals surface area contributed by atoms with E-state index in [1.807, 2.05) is 0 Å². The maximum Gasteiger partial charge on any atom is 0.300 e. The van der Waals surface area contributed by atoms with Gasteiger partial charge in [-0.25, -0.2) is 0 Å². The first-order chi connectivity index (χ1) is 6.93. The van der Waals surface area contributed by atoms with Crippen molar-refractivity contribution in [1.82, 2.24) is 0 Å².